The van der Waals surface area contributed by atoms with Gasteiger partial charge >= 0.3 is 0 Å². The number of fused-ring (bicyclic) bond motifs is 1. The van der Waals surface area contributed by atoms with Crippen molar-refractivity contribution in [2.45, 2.75) is 4.90 Å². The van der Waals surface area contributed by atoms with E-state index in [1.54, 1.807) is 37.4 Å². The number of methoxy groups -OCH3 is 1. The van der Waals surface area contributed by atoms with Gasteiger partial charge < -0.3 is 14.5 Å². The van der Waals surface area contributed by atoms with Crippen molar-refractivity contribution >= 4 is 26.9 Å². The van der Waals surface area contributed by atoms with Gasteiger partial charge in [0.15, 0.2) is 5.76 Å². The molecule has 0 radical (unpaired) electrons. The van der Waals surface area contributed by atoms with Crippen molar-refractivity contribution in [2.24, 2.45) is 0 Å². The number of hydrogen-bond donors (Lipinski definition) is 1. The quantitative estimate of drug-likeness (QED) is 0.602. The smallest absolute Gasteiger partial charge is 0.287 e. The number of rotatable bonds is 7. The van der Waals surface area contributed by atoms with Crippen LogP contribution in [0, 0.1) is 0 Å². The van der Waals surface area contributed by atoms with Crippen LogP contribution in [0.1, 0.15) is 10.6 Å². The molecule has 9 heteroatoms. The second-order valence-electron chi connectivity index (χ2n) is 7.33. The highest BCUT2D eigenvalue weighted by atomic mass is 32.2. The molecule has 3 aromatic rings. The van der Waals surface area contributed by atoms with Gasteiger partial charge in [0.25, 0.3) is 5.91 Å². The summed E-state index contributed by atoms with van der Waals surface area (Å²) in [6, 6.07) is 15.6. The lowest BCUT2D eigenvalue weighted by atomic mass is 10.2. The van der Waals surface area contributed by atoms with Crippen molar-refractivity contribution in [2.75, 3.05) is 46.4 Å². The SMILES string of the molecule is COc1ccc(S(=O)(=O)N2CCN(CCNC(=O)c3cc4ccccc4o3)CC2)cc1. The first-order valence-corrected chi connectivity index (χ1v) is 11.5. The van der Waals surface area contributed by atoms with Gasteiger partial charge in [0.1, 0.15) is 11.3 Å². The number of nitrogens with zero attached hydrogens (tertiary/aromatic N) is 2. The van der Waals surface area contributed by atoms with E-state index in [1.165, 1.54) is 4.31 Å². The predicted molar refractivity (Wildman–Crippen MR) is 117 cm³/mol. The zero-order valence-corrected chi connectivity index (χ0v) is 18.1. The maximum absolute atomic E-state index is 12.8. The van der Waals surface area contributed by atoms with Crippen LogP contribution in [0.2, 0.25) is 0 Å². The van der Waals surface area contributed by atoms with Crippen molar-refractivity contribution in [1.29, 1.82) is 0 Å². The van der Waals surface area contributed by atoms with Crippen LogP contribution >= 0.6 is 0 Å². The van der Waals surface area contributed by atoms with Gasteiger partial charge in [-0.3, -0.25) is 9.69 Å². The molecule has 0 saturated carbocycles. The fourth-order valence-electron chi connectivity index (χ4n) is 3.60. The van der Waals surface area contributed by atoms with E-state index in [0.717, 1.165) is 5.39 Å². The Morgan fingerprint density at radius 2 is 1.77 bits per heavy atom. The molecular weight excluding hydrogens is 418 g/mol. The second kappa shape index (κ2) is 9.09. The normalized spacial score (nSPS) is 15.8. The van der Waals surface area contributed by atoms with Gasteiger partial charge in [-0.15, -0.1) is 0 Å². The number of benzene rings is 2. The van der Waals surface area contributed by atoms with Crippen LogP contribution in [0.5, 0.6) is 5.75 Å². The van der Waals surface area contributed by atoms with E-state index in [1.807, 2.05) is 24.3 Å². The number of carbonyl (C=O) groups is 1. The summed E-state index contributed by atoms with van der Waals surface area (Å²) in [6.07, 6.45) is 0. The van der Waals surface area contributed by atoms with Crippen LogP contribution in [-0.4, -0.2) is 69.9 Å². The number of amides is 1. The summed E-state index contributed by atoms with van der Waals surface area (Å²) in [7, 11) is -1.98. The largest absolute Gasteiger partial charge is 0.497 e. The molecule has 1 saturated heterocycles. The van der Waals surface area contributed by atoms with Gasteiger partial charge in [0.2, 0.25) is 10.0 Å². The van der Waals surface area contributed by atoms with E-state index < -0.39 is 10.0 Å². The molecule has 2 aromatic carbocycles. The van der Waals surface area contributed by atoms with E-state index in [0.29, 0.717) is 50.6 Å². The fraction of sp³-hybridized carbons (Fsp3) is 0.318. The van der Waals surface area contributed by atoms with Crippen molar-refractivity contribution < 1.29 is 22.4 Å². The molecule has 1 aliphatic rings. The molecule has 1 aliphatic heterocycles. The van der Waals surface area contributed by atoms with Crippen LogP contribution in [0.15, 0.2) is 63.9 Å². The van der Waals surface area contributed by atoms with Gasteiger partial charge in [-0.1, -0.05) is 18.2 Å². The van der Waals surface area contributed by atoms with Crippen LogP contribution in [0.25, 0.3) is 11.0 Å². The topological polar surface area (TPSA) is 92.1 Å². The number of sulfonamides is 1. The highest BCUT2D eigenvalue weighted by Crippen LogP contribution is 2.21. The first kappa shape index (κ1) is 21.4. The third-order valence-electron chi connectivity index (χ3n) is 5.39. The van der Waals surface area contributed by atoms with E-state index in [2.05, 4.69) is 10.2 Å². The molecular formula is C22H25N3O5S. The van der Waals surface area contributed by atoms with Gasteiger partial charge in [0, 0.05) is 44.7 Å². The Balaban J connectivity index is 1.25. The monoisotopic (exact) mass is 443 g/mol. The molecule has 164 valence electrons. The van der Waals surface area contributed by atoms with Crippen LogP contribution in [0.4, 0.5) is 0 Å². The number of piperazine rings is 1. The Hall–Kier alpha value is -2.88. The predicted octanol–water partition coefficient (Wildman–Crippen LogP) is 2.18. The lowest BCUT2D eigenvalue weighted by Gasteiger charge is -2.33. The summed E-state index contributed by atoms with van der Waals surface area (Å²) >= 11 is 0. The minimum absolute atomic E-state index is 0.253. The molecule has 1 N–H and O–H groups in total. The van der Waals surface area contributed by atoms with Crippen molar-refractivity contribution in [3.05, 3.63) is 60.4 Å². The molecule has 0 bridgehead atoms. The Kier molecular flexibility index (Phi) is 6.26. The fourth-order valence-corrected chi connectivity index (χ4v) is 5.02. The molecule has 1 amide bonds. The third kappa shape index (κ3) is 4.73. The maximum atomic E-state index is 12.8. The van der Waals surface area contributed by atoms with Gasteiger partial charge in [0.05, 0.1) is 12.0 Å². The number of para-hydroxylation sites is 1. The van der Waals surface area contributed by atoms with Crippen molar-refractivity contribution in [1.82, 2.24) is 14.5 Å². The van der Waals surface area contributed by atoms with E-state index in [-0.39, 0.29) is 16.6 Å². The molecule has 8 nitrogen and oxygen atoms in total. The summed E-state index contributed by atoms with van der Waals surface area (Å²) in [5.74, 6) is 0.655. The van der Waals surface area contributed by atoms with Gasteiger partial charge in [-0.05, 0) is 36.4 Å². The number of nitrogens with one attached hydrogen (secondary N) is 1. The van der Waals surface area contributed by atoms with Crippen LogP contribution < -0.4 is 10.1 Å². The zero-order chi connectivity index (χ0) is 21.8. The molecule has 1 fully saturated rings. The molecule has 4 rings (SSSR count). The average Bonchev–Trinajstić information content (AvgIpc) is 3.24. The van der Waals surface area contributed by atoms with E-state index in [9.17, 15) is 13.2 Å². The Morgan fingerprint density at radius 1 is 1.06 bits per heavy atom. The Morgan fingerprint density at radius 3 is 2.45 bits per heavy atom. The molecule has 31 heavy (non-hydrogen) atoms. The van der Waals surface area contributed by atoms with Gasteiger partial charge in [-0.25, -0.2) is 8.42 Å². The molecule has 0 unspecified atom stereocenters. The molecule has 1 aromatic heterocycles. The molecule has 0 atom stereocenters. The second-order valence-corrected chi connectivity index (χ2v) is 9.26. The molecule has 0 spiro atoms. The lowest BCUT2D eigenvalue weighted by molar-refractivity contribution is 0.0919. The summed E-state index contributed by atoms with van der Waals surface area (Å²) < 4.78 is 37.8. The number of furan rings is 1. The van der Waals surface area contributed by atoms with Crippen molar-refractivity contribution in [3.63, 3.8) is 0 Å². The number of ether oxygens (including phenoxy) is 1. The molecule has 2 heterocycles. The minimum Gasteiger partial charge on any atom is -0.497 e. The van der Waals surface area contributed by atoms with Crippen LogP contribution in [-0.2, 0) is 10.0 Å². The first-order valence-electron chi connectivity index (χ1n) is 10.1. The maximum Gasteiger partial charge on any atom is 0.287 e. The molecule has 0 aliphatic carbocycles. The summed E-state index contributed by atoms with van der Waals surface area (Å²) in [5.41, 5.74) is 0.682. The highest BCUT2D eigenvalue weighted by molar-refractivity contribution is 7.89. The lowest BCUT2D eigenvalue weighted by Crippen LogP contribution is -2.50. The third-order valence-corrected chi connectivity index (χ3v) is 7.30. The standard InChI is InChI=1S/C22H25N3O5S/c1-29-18-6-8-19(9-7-18)31(27,28)25-14-12-24(13-15-25)11-10-23-22(26)21-16-17-4-2-3-5-20(17)30-21/h2-9,16H,10-15H2,1H3,(H,23,26). The average molecular weight is 444 g/mol. The number of carbonyl (C=O) groups excluding carboxylic acids is 1. The van der Waals surface area contributed by atoms with Gasteiger partial charge in [-0.2, -0.15) is 4.31 Å². The Bertz CT molecular complexity index is 1120. The summed E-state index contributed by atoms with van der Waals surface area (Å²) in [5, 5.41) is 3.76. The minimum atomic E-state index is -3.52. The number of hydrogen-bond acceptors (Lipinski definition) is 6. The van der Waals surface area contributed by atoms with Crippen molar-refractivity contribution in [3.8, 4) is 5.75 Å². The summed E-state index contributed by atoms with van der Waals surface area (Å²) in [4.78, 5) is 14.7. The first-order chi connectivity index (χ1) is 15.0. The van der Waals surface area contributed by atoms with E-state index in [4.69, 9.17) is 9.15 Å². The Labute approximate surface area is 181 Å². The zero-order valence-electron chi connectivity index (χ0n) is 17.3. The van der Waals surface area contributed by atoms with E-state index >= 15 is 0 Å². The highest BCUT2D eigenvalue weighted by Gasteiger charge is 2.28. The summed E-state index contributed by atoms with van der Waals surface area (Å²) in [6.45, 7) is 3.13. The van der Waals surface area contributed by atoms with Crippen LogP contribution in [0.3, 0.4) is 0 Å².